The summed E-state index contributed by atoms with van der Waals surface area (Å²) in [5.74, 6) is 7.67. The lowest BCUT2D eigenvalue weighted by Gasteiger charge is -2.17. The van der Waals surface area contributed by atoms with E-state index in [0.29, 0.717) is 0 Å². The number of nitrogens with one attached hydrogen (secondary N) is 1. The number of aryl methyl sites for hydroxylation is 3. The maximum Gasteiger partial charge on any atom is 0.106 e. The molecule has 1 atom stereocenters. The molecule has 0 aliphatic carbocycles. The van der Waals surface area contributed by atoms with Crippen molar-refractivity contribution in [1.29, 1.82) is 0 Å². The van der Waals surface area contributed by atoms with Crippen LogP contribution in [0.3, 0.4) is 0 Å². The maximum atomic E-state index is 5.75. The smallest absolute Gasteiger partial charge is 0.106 e. The highest BCUT2D eigenvalue weighted by Gasteiger charge is 2.20. The molecule has 0 spiro atoms. The van der Waals surface area contributed by atoms with Gasteiger partial charge in [0.05, 0.1) is 6.04 Å². The summed E-state index contributed by atoms with van der Waals surface area (Å²) >= 11 is 0. The van der Waals surface area contributed by atoms with E-state index in [2.05, 4.69) is 43.5 Å². The second kappa shape index (κ2) is 5.59. The molecular formula is C16H22N2O. The lowest BCUT2D eigenvalue weighted by Crippen LogP contribution is -2.30. The molecule has 2 aromatic rings. The molecule has 0 saturated carbocycles. The number of nitrogens with two attached hydrogens (primary N) is 1. The van der Waals surface area contributed by atoms with E-state index in [1.807, 2.05) is 13.8 Å². The molecule has 0 bridgehead atoms. The Morgan fingerprint density at radius 3 is 2.42 bits per heavy atom. The molecular weight excluding hydrogens is 236 g/mol. The number of hydrogen-bond acceptors (Lipinski definition) is 3. The summed E-state index contributed by atoms with van der Waals surface area (Å²) in [6.45, 7) is 8.18. The van der Waals surface area contributed by atoms with Crippen LogP contribution in [0.1, 0.15) is 39.8 Å². The van der Waals surface area contributed by atoms with E-state index >= 15 is 0 Å². The molecule has 0 saturated heterocycles. The second-order valence-electron chi connectivity index (χ2n) is 5.17. The number of hydrazine groups is 1. The molecule has 0 fully saturated rings. The van der Waals surface area contributed by atoms with E-state index in [1.54, 1.807) is 0 Å². The Morgan fingerprint density at radius 1 is 1.16 bits per heavy atom. The normalized spacial score (nSPS) is 12.7. The summed E-state index contributed by atoms with van der Waals surface area (Å²) in [4.78, 5) is 0. The number of hydrogen-bond donors (Lipinski definition) is 2. The van der Waals surface area contributed by atoms with E-state index in [4.69, 9.17) is 10.3 Å². The topological polar surface area (TPSA) is 51.2 Å². The standard InChI is InChI=1S/C16H22N2O/c1-10-6-5-7-14(8-10)9-15(18-17)16-11(2)12(3)19-13(16)4/h5-8,15,18H,9,17H2,1-4H3. The minimum Gasteiger partial charge on any atom is -0.466 e. The van der Waals surface area contributed by atoms with Gasteiger partial charge in [-0.2, -0.15) is 0 Å². The molecule has 1 heterocycles. The van der Waals surface area contributed by atoms with Crippen LogP contribution in [0.2, 0.25) is 0 Å². The number of benzene rings is 1. The fourth-order valence-corrected chi connectivity index (χ4v) is 2.64. The molecule has 3 nitrogen and oxygen atoms in total. The van der Waals surface area contributed by atoms with Crippen LogP contribution in [0, 0.1) is 27.7 Å². The summed E-state index contributed by atoms with van der Waals surface area (Å²) in [5.41, 5.74) is 7.84. The Labute approximate surface area is 114 Å². The van der Waals surface area contributed by atoms with Crippen molar-refractivity contribution in [3.8, 4) is 0 Å². The molecule has 1 aromatic heterocycles. The van der Waals surface area contributed by atoms with Crippen molar-refractivity contribution in [2.75, 3.05) is 0 Å². The fraction of sp³-hybridized carbons (Fsp3) is 0.375. The molecule has 0 aliphatic heterocycles. The van der Waals surface area contributed by atoms with Crippen LogP contribution in [0.5, 0.6) is 0 Å². The predicted molar refractivity (Wildman–Crippen MR) is 77.9 cm³/mol. The zero-order chi connectivity index (χ0) is 14.0. The third-order valence-electron chi connectivity index (χ3n) is 3.69. The van der Waals surface area contributed by atoms with Crippen molar-refractivity contribution >= 4 is 0 Å². The monoisotopic (exact) mass is 258 g/mol. The van der Waals surface area contributed by atoms with Gasteiger partial charge in [0.25, 0.3) is 0 Å². The quantitative estimate of drug-likeness (QED) is 0.653. The van der Waals surface area contributed by atoms with Gasteiger partial charge in [-0.1, -0.05) is 29.8 Å². The van der Waals surface area contributed by atoms with E-state index in [-0.39, 0.29) is 6.04 Å². The Hall–Kier alpha value is -1.58. The average Bonchev–Trinajstić information content (AvgIpc) is 2.61. The highest BCUT2D eigenvalue weighted by atomic mass is 16.3. The van der Waals surface area contributed by atoms with Crippen LogP contribution in [0.25, 0.3) is 0 Å². The van der Waals surface area contributed by atoms with Gasteiger partial charge in [-0.3, -0.25) is 11.3 Å². The van der Waals surface area contributed by atoms with Gasteiger partial charge in [0.1, 0.15) is 11.5 Å². The SMILES string of the molecule is Cc1cccc(CC(NN)c2c(C)oc(C)c2C)c1. The lowest BCUT2D eigenvalue weighted by molar-refractivity contribution is 0.484. The molecule has 1 aromatic carbocycles. The van der Waals surface area contributed by atoms with Crippen molar-refractivity contribution in [1.82, 2.24) is 5.43 Å². The molecule has 3 N–H and O–H groups in total. The Morgan fingerprint density at radius 2 is 1.89 bits per heavy atom. The summed E-state index contributed by atoms with van der Waals surface area (Å²) in [6.07, 6.45) is 0.860. The maximum absolute atomic E-state index is 5.75. The van der Waals surface area contributed by atoms with Crippen LogP contribution in [-0.4, -0.2) is 0 Å². The molecule has 1 unspecified atom stereocenters. The summed E-state index contributed by atoms with van der Waals surface area (Å²) in [7, 11) is 0. The Bertz CT molecular complexity index is 572. The number of rotatable bonds is 4. The van der Waals surface area contributed by atoms with Gasteiger partial charge in [0, 0.05) is 5.56 Å². The fourth-order valence-electron chi connectivity index (χ4n) is 2.64. The molecule has 2 rings (SSSR count). The van der Waals surface area contributed by atoms with Crippen molar-refractivity contribution in [2.24, 2.45) is 5.84 Å². The summed E-state index contributed by atoms with van der Waals surface area (Å²) in [6, 6.07) is 8.60. The van der Waals surface area contributed by atoms with Crippen LogP contribution in [0.15, 0.2) is 28.7 Å². The van der Waals surface area contributed by atoms with Gasteiger partial charge in [-0.15, -0.1) is 0 Å². The van der Waals surface area contributed by atoms with Crippen molar-refractivity contribution in [3.63, 3.8) is 0 Å². The molecule has 0 radical (unpaired) electrons. The van der Waals surface area contributed by atoms with Gasteiger partial charge in [0.15, 0.2) is 0 Å². The molecule has 3 heteroatoms. The van der Waals surface area contributed by atoms with E-state index in [1.165, 1.54) is 22.3 Å². The van der Waals surface area contributed by atoms with Gasteiger partial charge in [-0.05, 0) is 45.2 Å². The first-order valence-electron chi connectivity index (χ1n) is 6.61. The lowest BCUT2D eigenvalue weighted by atomic mass is 9.95. The molecule has 19 heavy (non-hydrogen) atoms. The third kappa shape index (κ3) is 2.88. The van der Waals surface area contributed by atoms with Crippen molar-refractivity contribution < 1.29 is 4.42 Å². The minimum atomic E-state index is 0.0826. The highest BCUT2D eigenvalue weighted by molar-refractivity contribution is 5.36. The van der Waals surface area contributed by atoms with Crippen LogP contribution in [-0.2, 0) is 6.42 Å². The zero-order valence-electron chi connectivity index (χ0n) is 12.1. The molecule has 0 aliphatic rings. The minimum absolute atomic E-state index is 0.0826. The number of furan rings is 1. The van der Waals surface area contributed by atoms with Crippen LogP contribution < -0.4 is 11.3 Å². The van der Waals surface area contributed by atoms with Gasteiger partial charge in [-0.25, -0.2) is 0 Å². The Kier molecular flexibility index (Phi) is 4.08. The molecule has 0 amide bonds. The predicted octanol–water partition coefficient (Wildman–Crippen LogP) is 3.26. The second-order valence-corrected chi connectivity index (χ2v) is 5.17. The average molecular weight is 258 g/mol. The van der Waals surface area contributed by atoms with Crippen molar-refractivity contribution in [2.45, 2.75) is 40.2 Å². The third-order valence-corrected chi connectivity index (χ3v) is 3.69. The Balaban J connectivity index is 2.30. The first-order valence-corrected chi connectivity index (χ1v) is 6.61. The van der Waals surface area contributed by atoms with Gasteiger partial charge < -0.3 is 4.42 Å². The van der Waals surface area contributed by atoms with E-state index in [9.17, 15) is 0 Å². The largest absolute Gasteiger partial charge is 0.466 e. The van der Waals surface area contributed by atoms with Gasteiger partial charge >= 0.3 is 0 Å². The highest BCUT2D eigenvalue weighted by Crippen LogP contribution is 2.29. The van der Waals surface area contributed by atoms with Crippen molar-refractivity contribution in [3.05, 3.63) is 58.0 Å². The summed E-state index contributed by atoms with van der Waals surface area (Å²) < 4.78 is 5.69. The van der Waals surface area contributed by atoms with Crippen LogP contribution >= 0.6 is 0 Å². The van der Waals surface area contributed by atoms with E-state index < -0.39 is 0 Å². The van der Waals surface area contributed by atoms with Gasteiger partial charge in [0.2, 0.25) is 0 Å². The molecule has 102 valence electrons. The van der Waals surface area contributed by atoms with Crippen LogP contribution in [0.4, 0.5) is 0 Å². The zero-order valence-corrected chi connectivity index (χ0v) is 12.1. The summed E-state index contributed by atoms with van der Waals surface area (Å²) in [5, 5.41) is 0. The first kappa shape index (κ1) is 13.8. The first-order chi connectivity index (χ1) is 9.02. The van der Waals surface area contributed by atoms with E-state index in [0.717, 1.165) is 17.9 Å².